The summed E-state index contributed by atoms with van der Waals surface area (Å²) in [5.41, 5.74) is 0.993. The number of ether oxygens (including phenoxy) is 1. The van der Waals surface area contributed by atoms with Gasteiger partial charge in [0.25, 0.3) is 0 Å². The molecule has 2 aromatic rings. The number of nitrogens with one attached hydrogen (secondary N) is 2. The van der Waals surface area contributed by atoms with Crippen molar-refractivity contribution < 1.29 is 18.3 Å². The van der Waals surface area contributed by atoms with Crippen molar-refractivity contribution in [2.75, 3.05) is 36.1 Å². The lowest BCUT2D eigenvalue weighted by atomic mass is 9.66. The Labute approximate surface area is 258 Å². The van der Waals surface area contributed by atoms with Gasteiger partial charge in [-0.3, -0.25) is 4.31 Å². The first-order chi connectivity index (χ1) is 20.4. The Kier molecular flexibility index (Phi) is 11.0. The molecule has 4 rings (SSSR count). The van der Waals surface area contributed by atoms with E-state index in [1.807, 2.05) is 6.07 Å². The minimum Gasteiger partial charge on any atom is -0.489 e. The first kappa shape index (κ1) is 33.0. The van der Waals surface area contributed by atoms with Gasteiger partial charge in [-0.1, -0.05) is 38.2 Å². The molecule has 2 saturated carbocycles. The fraction of sp³-hybridized carbons (Fsp3) is 0.636. The maximum absolute atomic E-state index is 12.9. The number of nitrogens with zero attached hydrogens (tertiary/aromatic N) is 3. The van der Waals surface area contributed by atoms with Crippen LogP contribution in [0.25, 0.3) is 0 Å². The molecule has 43 heavy (non-hydrogen) atoms. The molecule has 1 heterocycles. The van der Waals surface area contributed by atoms with Gasteiger partial charge in [-0.25, -0.2) is 13.4 Å². The zero-order valence-corrected chi connectivity index (χ0v) is 27.2. The maximum Gasteiger partial charge on any atom is 0.232 e. The van der Waals surface area contributed by atoms with E-state index in [1.54, 1.807) is 38.2 Å². The minimum absolute atomic E-state index is 0.0111. The number of sulfonamides is 1. The van der Waals surface area contributed by atoms with Gasteiger partial charge in [0.15, 0.2) is 0 Å². The second kappa shape index (κ2) is 14.3. The lowest BCUT2D eigenvalue weighted by Gasteiger charge is -2.42. The van der Waals surface area contributed by atoms with Crippen LogP contribution in [0.15, 0.2) is 36.4 Å². The molecule has 1 aromatic heterocycles. The Bertz CT molecular complexity index is 1380. The van der Waals surface area contributed by atoms with E-state index in [0.29, 0.717) is 29.5 Å². The molecule has 0 spiro atoms. The Morgan fingerprint density at radius 2 is 1.91 bits per heavy atom. The van der Waals surface area contributed by atoms with Crippen molar-refractivity contribution in [2.24, 2.45) is 17.8 Å². The molecule has 2 aliphatic rings. The molecule has 2 fully saturated rings. The van der Waals surface area contributed by atoms with Crippen molar-refractivity contribution in [3.8, 4) is 11.8 Å². The van der Waals surface area contributed by atoms with Crippen molar-refractivity contribution in [1.82, 2.24) is 10.3 Å². The van der Waals surface area contributed by atoms with Crippen LogP contribution in [0.2, 0.25) is 0 Å². The molecule has 9 nitrogen and oxygen atoms in total. The van der Waals surface area contributed by atoms with Gasteiger partial charge in [-0.2, -0.15) is 5.26 Å². The third-order valence-corrected chi connectivity index (χ3v) is 10.4. The van der Waals surface area contributed by atoms with Gasteiger partial charge in [0.2, 0.25) is 10.0 Å². The predicted molar refractivity (Wildman–Crippen MR) is 172 cm³/mol. The van der Waals surface area contributed by atoms with Crippen molar-refractivity contribution in [3.05, 3.63) is 47.7 Å². The van der Waals surface area contributed by atoms with Crippen LogP contribution in [0.3, 0.4) is 0 Å². The fourth-order valence-electron chi connectivity index (χ4n) is 7.10. The number of nitriles is 1. The Balaban J connectivity index is 1.35. The summed E-state index contributed by atoms with van der Waals surface area (Å²) in [7, 11) is -1.96. The zero-order chi connectivity index (χ0) is 31.2. The second-order valence-corrected chi connectivity index (χ2v) is 15.0. The number of β-amino-alcohol motifs (C(OH)–C–C–N with tert-alkyl or cyclic N) is 1. The molecule has 5 atom stereocenters. The highest BCUT2D eigenvalue weighted by molar-refractivity contribution is 7.92. The molecule has 0 saturated heterocycles. The lowest BCUT2D eigenvalue weighted by molar-refractivity contribution is 0.0864. The standard InChI is InChI=1S/C33H49N5O4S/c1-23(30-11-8-12-32(35-4)37-30)38(43(5,40)41)28-15-16-31(27(18-28)20-34)42-22-29(39)21-36-33(2,3)19-24-13-14-25-9-6-7-10-26(25)17-24/h8,11-12,15-16,18,23-26,29,36,39H,6-7,9-10,13-14,17,19,21-22H2,1-5H3,(H,35,37)/t23?,24?,25?,26?,29-/m1/s1. The summed E-state index contributed by atoms with van der Waals surface area (Å²) in [6, 6.07) is 11.6. The number of rotatable bonds is 13. The number of fused-ring (bicyclic) bond motifs is 1. The van der Waals surface area contributed by atoms with E-state index in [4.69, 9.17) is 4.74 Å². The number of hydrogen-bond acceptors (Lipinski definition) is 8. The van der Waals surface area contributed by atoms with Crippen molar-refractivity contribution in [1.29, 1.82) is 5.26 Å². The van der Waals surface area contributed by atoms with Crippen LogP contribution in [0.4, 0.5) is 11.5 Å². The SMILES string of the molecule is CNc1cccc(C(C)N(c2ccc(OC[C@H](O)CNC(C)(C)CC3CCC4CCCCC4C3)c(C#N)c2)S(C)(=O)=O)n1. The monoisotopic (exact) mass is 611 g/mol. The van der Waals surface area contributed by atoms with Crippen LogP contribution in [-0.2, 0) is 10.0 Å². The zero-order valence-electron chi connectivity index (χ0n) is 26.3. The van der Waals surface area contributed by atoms with Crippen LogP contribution < -0.4 is 19.7 Å². The number of hydrogen-bond donors (Lipinski definition) is 3. The van der Waals surface area contributed by atoms with Crippen LogP contribution in [-0.4, -0.2) is 56.6 Å². The third-order valence-electron chi connectivity index (χ3n) is 9.20. The summed E-state index contributed by atoms with van der Waals surface area (Å²) < 4.78 is 32.8. The quantitative estimate of drug-likeness (QED) is 0.266. The number of aromatic nitrogens is 1. The number of benzene rings is 1. The van der Waals surface area contributed by atoms with Crippen molar-refractivity contribution >= 4 is 21.5 Å². The largest absolute Gasteiger partial charge is 0.489 e. The highest BCUT2D eigenvalue weighted by atomic mass is 32.2. The van der Waals surface area contributed by atoms with Crippen LogP contribution in [0.5, 0.6) is 5.75 Å². The molecule has 10 heteroatoms. The summed E-state index contributed by atoms with van der Waals surface area (Å²) in [5, 5.41) is 27.1. The molecule has 2 aliphatic carbocycles. The van der Waals surface area contributed by atoms with Gasteiger partial charge in [0, 0.05) is 19.1 Å². The summed E-state index contributed by atoms with van der Waals surface area (Å²) in [6.45, 7) is 6.56. The molecule has 0 bridgehead atoms. The fourth-order valence-corrected chi connectivity index (χ4v) is 8.28. The highest BCUT2D eigenvalue weighted by Gasteiger charge is 2.34. The van der Waals surface area contributed by atoms with E-state index in [2.05, 4.69) is 35.5 Å². The molecule has 3 N–H and O–H groups in total. The predicted octanol–water partition coefficient (Wildman–Crippen LogP) is 5.63. The number of anilines is 2. The molecule has 4 unspecified atom stereocenters. The Morgan fingerprint density at radius 3 is 2.60 bits per heavy atom. The first-order valence-electron chi connectivity index (χ1n) is 15.6. The molecule has 0 amide bonds. The Morgan fingerprint density at radius 1 is 1.16 bits per heavy atom. The van der Waals surface area contributed by atoms with E-state index in [-0.39, 0.29) is 17.7 Å². The summed E-state index contributed by atoms with van der Waals surface area (Å²) >= 11 is 0. The summed E-state index contributed by atoms with van der Waals surface area (Å²) in [4.78, 5) is 4.50. The average Bonchev–Trinajstić information content (AvgIpc) is 2.98. The molecule has 1 aromatic carbocycles. The molecule has 0 radical (unpaired) electrons. The van der Waals surface area contributed by atoms with Gasteiger partial charge in [-0.05, 0) is 88.1 Å². The van der Waals surface area contributed by atoms with E-state index in [1.165, 1.54) is 55.3 Å². The molecule has 236 valence electrons. The topological polar surface area (TPSA) is 128 Å². The van der Waals surface area contributed by atoms with Crippen molar-refractivity contribution in [2.45, 2.75) is 89.8 Å². The number of aliphatic hydroxyl groups excluding tert-OH is 1. The number of pyridine rings is 1. The van der Waals surface area contributed by atoms with Crippen LogP contribution in [0.1, 0.15) is 89.4 Å². The molecular formula is C33H49N5O4S. The minimum atomic E-state index is -3.71. The van der Waals surface area contributed by atoms with E-state index in [0.717, 1.165) is 30.4 Å². The van der Waals surface area contributed by atoms with Crippen LogP contribution in [0, 0.1) is 29.1 Å². The van der Waals surface area contributed by atoms with Gasteiger partial charge in [-0.15, -0.1) is 0 Å². The van der Waals surface area contributed by atoms with E-state index in [9.17, 15) is 18.8 Å². The summed E-state index contributed by atoms with van der Waals surface area (Å²) in [6.07, 6.45) is 11.1. The first-order valence-corrected chi connectivity index (χ1v) is 17.5. The maximum atomic E-state index is 12.9. The Hall–Kier alpha value is -2.87. The van der Waals surface area contributed by atoms with E-state index >= 15 is 0 Å². The van der Waals surface area contributed by atoms with Gasteiger partial charge < -0.3 is 20.5 Å². The van der Waals surface area contributed by atoms with E-state index < -0.39 is 22.2 Å². The highest BCUT2D eigenvalue weighted by Crippen LogP contribution is 2.44. The normalized spacial score (nSPS) is 22.1. The van der Waals surface area contributed by atoms with Crippen LogP contribution >= 0.6 is 0 Å². The second-order valence-electron chi connectivity index (χ2n) is 13.1. The summed E-state index contributed by atoms with van der Waals surface area (Å²) in [5.74, 6) is 3.49. The third kappa shape index (κ3) is 8.84. The van der Waals surface area contributed by atoms with Crippen molar-refractivity contribution in [3.63, 3.8) is 0 Å². The number of aliphatic hydroxyl groups is 1. The van der Waals surface area contributed by atoms with Gasteiger partial charge >= 0.3 is 0 Å². The van der Waals surface area contributed by atoms with Gasteiger partial charge in [0.05, 0.1) is 29.2 Å². The smallest absolute Gasteiger partial charge is 0.232 e. The average molecular weight is 612 g/mol. The molecular weight excluding hydrogens is 562 g/mol. The van der Waals surface area contributed by atoms with Gasteiger partial charge in [0.1, 0.15) is 30.3 Å². The molecule has 0 aliphatic heterocycles. The lowest BCUT2D eigenvalue weighted by Crippen LogP contribution is -2.46.